The van der Waals surface area contributed by atoms with Crippen LogP contribution >= 0.6 is 15.9 Å². The summed E-state index contributed by atoms with van der Waals surface area (Å²) in [6.45, 7) is 0.0361. The smallest absolute Gasteiger partial charge is 0.326 e. The van der Waals surface area contributed by atoms with E-state index in [2.05, 4.69) is 26.6 Å². The van der Waals surface area contributed by atoms with Gasteiger partial charge in [-0.05, 0) is 29.8 Å². The average molecular weight is 421 g/mol. The first kappa shape index (κ1) is 17.9. The summed E-state index contributed by atoms with van der Waals surface area (Å²) in [6.07, 6.45) is 1.51. The van der Waals surface area contributed by atoms with Crippen LogP contribution in [0, 0.1) is 5.82 Å². The number of halogens is 2. The van der Waals surface area contributed by atoms with E-state index in [0.717, 1.165) is 0 Å². The van der Waals surface area contributed by atoms with E-state index < -0.39 is 11.9 Å². The van der Waals surface area contributed by atoms with E-state index in [9.17, 15) is 14.0 Å². The number of carbonyl (C=O) groups is 2. The van der Waals surface area contributed by atoms with Gasteiger partial charge in [0.05, 0.1) is 7.11 Å². The summed E-state index contributed by atoms with van der Waals surface area (Å²) < 4.78 is 25.3. The zero-order valence-electron chi connectivity index (χ0n) is 13.6. The van der Waals surface area contributed by atoms with Crippen LogP contribution in [-0.4, -0.2) is 19.0 Å². The molecule has 0 saturated carbocycles. The van der Waals surface area contributed by atoms with E-state index in [4.69, 9.17) is 9.47 Å². The summed E-state index contributed by atoms with van der Waals surface area (Å²) >= 11 is 3.39. The first-order chi connectivity index (χ1) is 12.5. The largest absolute Gasteiger partial charge is 0.493 e. The molecule has 1 aliphatic heterocycles. The number of benzene rings is 2. The number of hydrogen-bond acceptors (Lipinski definition) is 4. The Morgan fingerprint density at radius 2 is 1.92 bits per heavy atom. The van der Waals surface area contributed by atoms with Crippen molar-refractivity contribution < 1.29 is 23.5 Å². The fourth-order valence-corrected chi connectivity index (χ4v) is 2.78. The minimum absolute atomic E-state index is 0.0361. The second-order valence-electron chi connectivity index (χ2n) is 5.37. The number of ether oxygens (including phenoxy) is 2. The number of amides is 3. The maximum Gasteiger partial charge on any atom is 0.326 e. The number of methoxy groups -OCH3 is 1. The molecule has 2 aromatic carbocycles. The predicted octanol–water partition coefficient (Wildman–Crippen LogP) is 3.36. The van der Waals surface area contributed by atoms with Crippen molar-refractivity contribution in [3.05, 3.63) is 63.5 Å². The Labute approximate surface area is 157 Å². The third-order valence-corrected chi connectivity index (χ3v) is 4.33. The quantitative estimate of drug-likeness (QED) is 0.574. The molecule has 1 heterocycles. The molecule has 2 N–H and O–H groups in total. The van der Waals surface area contributed by atoms with Gasteiger partial charge in [-0.15, -0.1) is 0 Å². The van der Waals surface area contributed by atoms with Crippen LogP contribution < -0.4 is 20.1 Å². The zero-order valence-corrected chi connectivity index (χ0v) is 15.2. The van der Waals surface area contributed by atoms with Crippen molar-refractivity contribution >= 4 is 33.9 Å². The molecule has 2 aromatic rings. The molecule has 6 nitrogen and oxygen atoms in total. The molecule has 26 heavy (non-hydrogen) atoms. The van der Waals surface area contributed by atoms with E-state index in [1.165, 1.54) is 19.3 Å². The van der Waals surface area contributed by atoms with Gasteiger partial charge in [0.2, 0.25) is 0 Å². The standard InChI is InChI=1S/C18H14BrFN2O4/c1-25-15-7-11(6-14-17(23)22-18(24)21-14)12(19)8-16(15)26-9-10-4-2-3-5-13(10)20/h2-8H,9H2,1H3,(H2,21,22,23,24)/b14-6-. The number of hydrogen-bond donors (Lipinski definition) is 2. The summed E-state index contributed by atoms with van der Waals surface area (Å²) in [4.78, 5) is 22.8. The molecule has 0 aromatic heterocycles. The zero-order chi connectivity index (χ0) is 18.7. The Morgan fingerprint density at radius 3 is 2.58 bits per heavy atom. The van der Waals surface area contributed by atoms with Crippen molar-refractivity contribution in [1.29, 1.82) is 0 Å². The normalized spacial score (nSPS) is 15.0. The number of imide groups is 1. The van der Waals surface area contributed by atoms with Crippen molar-refractivity contribution in [3.63, 3.8) is 0 Å². The summed E-state index contributed by atoms with van der Waals surface area (Å²) in [7, 11) is 1.47. The van der Waals surface area contributed by atoms with Crippen molar-refractivity contribution in [2.45, 2.75) is 6.61 Å². The minimum atomic E-state index is -0.575. The molecular formula is C18H14BrFN2O4. The highest BCUT2D eigenvalue weighted by molar-refractivity contribution is 9.10. The average Bonchev–Trinajstić information content (AvgIpc) is 2.93. The van der Waals surface area contributed by atoms with Crippen molar-refractivity contribution in [2.24, 2.45) is 0 Å². The SMILES string of the molecule is COc1cc(/C=C2\NC(=O)NC2=O)c(Br)cc1OCc1ccccc1F. The van der Waals surface area contributed by atoms with E-state index in [0.29, 0.717) is 27.1 Å². The van der Waals surface area contributed by atoms with Gasteiger partial charge in [-0.3, -0.25) is 10.1 Å². The third-order valence-electron chi connectivity index (χ3n) is 3.64. The second-order valence-corrected chi connectivity index (χ2v) is 6.23. The first-order valence-corrected chi connectivity index (χ1v) is 8.35. The van der Waals surface area contributed by atoms with Gasteiger partial charge >= 0.3 is 6.03 Å². The molecule has 0 bridgehead atoms. The Kier molecular flexibility index (Phi) is 5.22. The van der Waals surface area contributed by atoms with Crippen LogP contribution in [0.5, 0.6) is 11.5 Å². The number of nitrogens with one attached hydrogen (secondary N) is 2. The second kappa shape index (κ2) is 7.57. The molecular weight excluding hydrogens is 407 g/mol. The molecule has 1 fully saturated rings. The van der Waals surface area contributed by atoms with E-state index >= 15 is 0 Å². The van der Waals surface area contributed by atoms with Gasteiger partial charge in [0.15, 0.2) is 11.5 Å². The van der Waals surface area contributed by atoms with Crippen molar-refractivity contribution in [3.8, 4) is 11.5 Å². The maximum absolute atomic E-state index is 13.7. The molecule has 0 atom stereocenters. The topological polar surface area (TPSA) is 76.7 Å². The molecule has 3 rings (SSSR count). The fourth-order valence-electron chi connectivity index (χ4n) is 2.34. The van der Waals surface area contributed by atoms with Crippen LogP contribution in [0.25, 0.3) is 6.08 Å². The summed E-state index contributed by atoms with van der Waals surface area (Å²) in [5, 5.41) is 4.54. The van der Waals surface area contributed by atoms with Gasteiger partial charge in [-0.2, -0.15) is 0 Å². The number of rotatable bonds is 5. The Morgan fingerprint density at radius 1 is 1.15 bits per heavy atom. The minimum Gasteiger partial charge on any atom is -0.493 e. The summed E-state index contributed by atoms with van der Waals surface area (Å²) in [5.41, 5.74) is 1.15. The molecule has 1 aliphatic rings. The van der Waals surface area contributed by atoms with Gasteiger partial charge in [-0.25, -0.2) is 9.18 Å². The molecule has 134 valence electrons. The highest BCUT2D eigenvalue weighted by Gasteiger charge is 2.23. The van der Waals surface area contributed by atoms with Gasteiger partial charge in [0.25, 0.3) is 5.91 Å². The summed E-state index contributed by atoms with van der Waals surface area (Å²) in [5.74, 6) is -0.0542. The first-order valence-electron chi connectivity index (χ1n) is 7.55. The lowest BCUT2D eigenvalue weighted by Gasteiger charge is -2.13. The van der Waals surface area contributed by atoms with Crippen LogP contribution in [0.3, 0.4) is 0 Å². The van der Waals surface area contributed by atoms with E-state index in [-0.39, 0.29) is 18.1 Å². The lowest BCUT2D eigenvalue weighted by atomic mass is 10.1. The van der Waals surface area contributed by atoms with Gasteiger partial charge in [0, 0.05) is 10.0 Å². The molecule has 1 saturated heterocycles. The van der Waals surface area contributed by atoms with Gasteiger partial charge in [-0.1, -0.05) is 34.1 Å². The molecule has 0 radical (unpaired) electrons. The summed E-state index contributed by atoms with van der Waals surface area (Å²) in [6, 6.07) is 9.06. The van der Waals surface area contributed by atoms with Crippen LogP contribution in [0.4, 0.5) is 9.18 Å². The van der Waals surface area contributed by atoms with Crippen molar-refractivity contribution in [1.82, 2.24) is 10.6 Å². The van der Waals surface area contributed by atoms with Crippen LogP contribution in [0.1, 0.15) is 11.1 Å². The number of carbonyl (C=O) groups excluding carboxylic acids is 2. The highest BCUT2D eigenvalue weighted by atomic mass is 79.9. The lowest BCUT2D eigenvalue weighted by Crippen LogP contribution is -2.22. The Bertz CT molecular complexity index is 914. The van der Waals surface area contributed by atoms with Gasteiger partial charge in [0.1, 0.15) is 18.1 Å². The van der Waals surface area contributed by atoms with E-state index in [1.807, 2.05) is 0 Å². The van der Waals surface area contributed by atoms with E-state index in [1.54, 1.807) is 30.3 Å². The van der Waals surface area contributed by atoms with Crippen LogP contribution in [0.15, 0.2) is 46.6 Å². The fraction of sp³-hybridized carbons (Fsp3) is 0.111. The van der Waals surface area contributed by atoms with Crippen LogP contribution in [0.2, 0.25) is 0 Å². The van der Waals surface area contributed by atoms with Crippen molar-refractivity contribution in [2.75, 3.05) is 7.11 Å². The monoisotopic (exact) mass is 420 g/mol. The molecule has 0 aliphatic carbocycles. The highest BCUT2D eigenvalue weighted by Crippen LogP contribution is 2.35. The molecule has 8 heteroatoms. The third kappa shape index (κ3) is 3.85. The molecule has 3 amide bonds. The number of urea groups is 1. The predicted molar refractivity (Wildman–Crippen MR) is 96.1 cm³/mol. The Balaban J connectivity index is 1.85. The van der Waals surface area contributed by atoms with Crippen LogP contribution in [-0.2, 0) is 11.4 Å². The molecule has 0 spiro atoms. The molecule has 0 unspecified atom stereocenters. The lowest BCUT2D eigenvalue weighted by molar-refractivity contribution is -0.115. The maximum atomic E-state index is 13.7. The van der Waals surface area contributed by atoms with Gasteiger partial charge < -0.3 is 14.8 Å². The Hall–Kier alpha value is -2.87.